The molecule has 2 aromatic carbocycles. The summed E-state index contributed by atoms with van der Waals surface area (Å²) in [5, 5.41) is 6.32. The minimum Gasteiger partial charge on any atom is -0.388 e. The van der Waals surface area contributed by atoms with Gasteiger partial charge in [-0.1, -0.05) is 32.4 Å². The van der Waals surface area contributed by atoms with Crippen molar-refractivity contribution in [2.75, 3.05) is 24.2 Å². The molecule has 0 saturated heterocycles. The smallest absolute Gasteiger partial charge is 0.388 e. The minimum atomic E-state index is -4.59. The van der Waals surface area contributed by atoms with Crippen LogP contribution in [0.25, 0.3) is 22.3 Å². The van der Waals surface area contributed by atoms with Gasteiger partial charge < -0.3 is 10.6 Å². The maximum Gasteiger partial charge on any atom is 0.435 e. The number of rotatable bonds is 7. The van der Waals surface area contributed by atoms with Crippen LogP contribution < -0.4 is 10.6 Å². The molecule has 1 aromatic heterocycles. The molecule has 0 spiro atoms. The van der Waals surface area contributed by atoms with Gasteiger partial charge in [0.2, 0.25) is 0 Å². The number of fused-ring (bicyclic) bond motifs is 1. The van der Waals surface area contributed by atoms with Crippen molar-refractivity contribution >= 4 is 22.4 Å². The van der Waals surface area contributed by atoms with Crippen LogP contribution in [-0.2, 0) is 12.6 Å². The fourth-order valence-corrected chi connectivity index (χ4v) is 3.24. The highest BCUT2D eigenvalue weighted by atomic mass is 19.4. The predicted octanol–water partition coefficient (Wildman–Crippen LogP) is 6.13. The Bertz CT molecular complexity index is 982. The van der Waals surface area contributed by atoms with E-state index in [-0.39, 0.29) is 11.2 Å². The Hall–Kier alpha value is -2.83. The van der Waals surface area contributed by atoms with E-state index in [0.29, 0.717) is 11.1 Å². The average Bonchev–Trinajstić information content (AvgIpc) is 2.71. The molecule has 0 atom stereocenters. The van der Waals surface area contributed by atoms with Crippen molar-refractivity contribution in [3.8, 4) is 11.3 Å². The van der Waals surface area contributed by atoms with Gasteiger partial charge in [-0.3, -0.25) is 0 Å². The van der Waals surface area contributed by atoms with E-state index in [1.807, 2.05) is 13.0 Å². The molecule has 0 aliphatic carbocycles. The maximum atomic E-state index is 13.8. The number of halogens is 3. The van der Waals surface area contributed by atoms with Crippen LogP contribution in [0.2, 0.25) is 0 Å². The van der Waals surface area contributed by atoms with Gasteiger partial charge >= 0.3 is 6.18 Å². The molecule has 7 heteroatoms. The van der Waals surface area contributed by atoms with Gasteiger partial charge in [0.05, 0.1) is 11.0 Å². The number of aromatic nitrogens is 2. The molecule has 0 amide bonds. The summed E-state index contributed by atoms with van der Waals surface area (Å²) in [6.45, 7) is 4.89. The molecular weight excluding hydrogens is 377 g/mol. The standard InChI is InChI=1S/C22H25F3N4/c1-4-6-15-12-18-19(13-17(15)27-11-5-2)28-20(21(29-18)22(23,24)25)14-7-9-16(26-3)10-8-14/h7-10,12-13,26-27H,4-6,11H2,1-3H3. The molecule has 3 aromatic rings. The van der Waals surface area contributed by atoms with Gasteiger partial charge in [-0.05, 0) is 42.7 Å². The summed E-state index contributed by atoms with van der Waals surface area (Å²) in [5.41, 5.74) is 2.66. The van der Waals surface area contributed by atoms with Crippen LogP contribution in [0.15, 0.2) is 36.4 Å². The predicted molar refractivity (Wildman–Crippen MR) is 112 cm³/mol. The van der Waals surface area contributed by atoms with Crippen LogP contribution in [0, 0.1) is 0 Å². The van der Waals surface area contributed by atoms with Crippen LogP contribution in [0.4, 0.5) is 24.5 Å². The first-order chi connectivity index (χ1) is 13.9. The van der Waals surface area contributed by atoms with E-state index in [1.165, 1.54) is 0 Å². The number of hydrogen-bond acceptors (Lipinski definition) is 4. The lowest BCUT2D eigenvalue weighted by atomic mass is 10.0. The molecule has 29 heavy (non-hydrogen) atoms. The molecule has 0 aliphatic rings. The molecule has 0 aliphatic heterocycles. The first kappa shape index (κ1) is 20.9. The molecule has 0 unspecified atom stereocenters. The number of hydrogen-bond donors (Lipinski definition) is 2. The Labute approximate surface area is 168 Å². The summed E-state index contributed by atoms with van der Waals surface area (Å²) in [5.74, 6) is 0. The SMILES string of the molecule is CCCNc1cc2nc(-c3ccc(NC)cc3)c(C(F)(F)F)nc2cc1CCC. The van der Waals surface area contributed by atoms with Gasteiger partial charge in [0.15, 0.2) is 5.69 Å². The fraction of sp³-hybridized carbons (Fsp3) is 0.364. The molecule has 0 fully saturated rings. The normalized spacial score (nSPS) is 11.7. The van der Waals surface area contributed by atoms with Crippen molar-refractivity contribution in [2.24, 2.45) is 0 Å². The van der Waals surface area contributed by atoms with E-state index in [9.17, 15) is 13.2 Å². The lowest BCUT2D eigenvalue weighted by molar-refractivity contribution is -0.140. The molecule has 2 N–H and O–H groups in total. The molecule has 3 rings (SSSR count). The third-order valence-electron chi connectivity index (χ3n) is 4.69. The lowest BCUT2D eigenvalue weighted by Gasteiger charge is -2.16. The third kappa shape index (κ3) is 4.60. The zero-order valence-electron chi connectivity index (χ0n) is 16.8. The summed E-state index contributed by atoms with van der Waals surface area (Å²) >= 11 is 0. The second kappa shape index (κ2) is 8.68. The van der Waals surface area contributed by atoms with Crippen molar-refractivity contribution < 1.29 is 13.2 Å². The number of anilines is 2. The molecule has 1 heterocycles. The molecule has 0 radical (unpaired) electrons. The van der Waals surface area contributed by atoms with Gasteiger partial charge in [0.25, 0.3) is 0 Å². The Morgan fingerprint density at radius 3 is 2.21 bits per heavy atom. The zero-order chi connectivity index (χ0) is 21.0. The fourth-order valence-electron chi connectivity index (χ4n) is 3.24. The highest BCUT2D eigenvalue weighted by Gasteiger charge is 2.37. The van der Waals surface area contributed by atoms with Crippen molar-refractivity contribution in [3.63, 3.8) is 0 Å². The highest BCUT2D eigenvalue weighted by molar-refractivity contribution is 5.84. The molecule has 154 valence electrons. The maximum absolute atomic E-state index is 13.8. The van der Waals surface area contributed by atoms with Crippen molar-refractivity contribution in [3.05, 3.63) is 47.7 Å². The minimum absolute atomic E-state index is 0.155. The van der Waals surface area contributed by atoms with E-state index in [2.05, 4.69) is 27.5 Å². The number of aryl methyl sites for hydroxylation is 1. The van der Waals surface area contributed by atoms with Crippen LogP contribution in [0.3, 0.4) is 0 Å². The average molecular weight is 402 g/mol. The quantitative estimate of drug-likeness (QED) is 0.499. The third-order valence-corrected chi connectivity index (χ3v) is 4.69. The van der Waals surface area contributed by atoms with Crippen molar-refractivity contribution in [1.29, 1.82) is 0 Å². The van der Waals surface area contributed by atoms with Crippen molar-refractivity contribution in [1.82, 2.24) is 9.97 Å². The Morgan fingerprint density at radius 2 is 1.62 bits per heavy atom. The first-order valence-corrected chi connectivity index (χ1v) is 9.81. The zero-order valence-corrected chi connectivity index (χ0v) is 16.8. The molecule has 0 saturated carbocycles. The molecule has 4 nitrogen and oxygen atoms in total. The van der Waals surface area contributed by atoms with Crippen LogP contribution in [0.5, 0.6) is 0 Å². The van der Waals surface area contributed by atoms with E-state index in [0.717, 1.165) is 42.7 Å². The van der Waals surface area contributed by atoms with E-state index < -0.39 is 11.9 Å². The van der Waals surface area contributed by atoms with Crippen LogP contribution in [0.1, 0.15) is 37.9 Å². The second-order valence-corrected chi connectivity index (χ2v) is 6.92. The first-order valence-electron chi connectivity index (χ1n) is 9.81. The molecule has 0 bridgehead atoms. The number of nitrogens with zero attached hydrogens (tertiary/aromatic N) is 2. The van der Waals surface area contributed by atoms with E-state index in [1.54, 1.807) is 37.4 Å². The molecular formula is C22H25F3N4. The van der Waals surface area contributed by atoms with E-state index >= 15 is 0 Å². The number of nitrogens with one attached hydrogen (secondary N) is 2. The van der Waals surface area contributed by atoms with Crippen LogP contribution >= 0.6 is 0 Å². The summed E-state index contributed by atoms with van der Waals surface area (Å²) in [4.78, 5) is 8.39. The second-order valence-electron chi connectivity index (χ2n) is 6.92. The summed E-state index contributed by atoms with van der Waals surface area (Å²) in [6.07, 6.45) is -1.99. The van der Waals surface area contributed by atoms with Gasteiger partial charge in [-0.25, -0.2) is 9.97 Å². The van der Waals surface area contributed by atoms with Crippen LogP contribution in [-0.4, -0.2) is 23.6 Å². The topological polar surface area (TPSA) is 49.8 Å². The van der Waals surface area contributed by atoms with Crippen molar-refractivity contribution in [2.45, 2.75) is 39.3 Å². The lowest BCUT2D eigenvalue weighted by Crippen LogP contribution is -2.12. The Kier molecular flexibility index (Phi) is 6.25. The van der Waals surface area contributed by atoms with Gasteiger partial charge in [-0.2, -0.15) is 13.2 Å². The number of benzene rings is 2. The summed E-state index contributed by atoms with van der Waals surface area (Å²) in [7, 11) is 1.75. The largest absolute Gasteiger partial charge is 0.435 e. The monoisotopic (exact) mass is 402 g/mol. The van der Waals surface area contributed by atoms with Gasteiger partial charge in [0.1, 0.15) is 5.69 Å². The Morgan fingerprint density at radius 1 is 0.931 bits per heavy atom. The Balaban J connectivity index is 2.21. The number of alkyl halides is 3. The highest BCUT2D eigenvalue weighted by Crippen LogP contribution is 2.37. The summed E-state index contributed by atoms with van der Waals surface area (Å²) < 4.78 is 41.3. The summed E-state index contributed by atoms with van der Waals surface area (Å²) in [6, 6.07) is 10.2. The van der Waals surface area contributed by atoms with Gasteiger partial charge in [0, 0.05) is 30.5 Å². The van der Waals surface area contributed by atoms with Gasteiger partial charge in [-0.15, -0.1) is 0 Å². The van der Waals surface area contributed by atoms with E-state index in [4.69, 9.17) is 0 Å².